The van der Waals surface area contributed by atoms with Crippen LogP contribution in [0.1, 0.15) is 38.0 Å². The fourth-order valence-electron chi connectivity index (χ4n) is 1.79. The summed E-state index contributed by atoms with van der Waals surface area (Å²) in [5.41, 5.74) is 2.32. The first-order valence-corrected chi connectivity index (χ1v) is 6.64. The molecule has 0 atom stereocenters. The number of thiazole rings is 1. The maximum atomic E-state index is 4.13. The first kappa shape index (κ1) is 11.1. The topological polar surface area (TPSA) is 24.9 Å². The van der Waals surface area contributed by atoms with Crippen molar-refractivity contribution in [2.45, 2.75) is 45.6 Å². The molecule has 0 amide bonds. The van der Waals surface area contributed by atoms with Crippen molar-refractivity contribution in [3.8, 4) is 0 Å². The molecule has 1 aliphatic carbocycles. The predicted octanol–water partition coefficient (Wildman–Crippen LogP) is 2.85. The van der Waals surface area contributed by atoms with Gasteiger partial charge in [0.15, 0.2) is 0 Å². The summed E-state index contributed by atoms with van der Waals surface area (Å²) < 4.78 is 0. The first-order chi connectivity index (χ1) is 7.16. The van der Waals surface area contributed by atoms with Gasteiger partial charge < -0.3 is 5.32 Å². The predicted molar refractivity (Wildman–Crippen MR) is 65.2 cm³/mol. The molecule has 2 rings (SSSR count). The van der Waals surface area contributed by atoms with Crippen LogP contribution in [0.15, 0.2) is 11.7 Å². The van der Waals surface area contributed by atoms with E-state index in [1.54, 1.807) is 11.3 Å². The van der Waals surface area contributed by atoms with Crippen molar-refractivity contribution in [1.82, 2.24) is 10.3 Å². The Balaban J connectivity index is 1.72. The monoisotopic (exact) mass is 224 g/mol. The number of nitrogens with one attached hydrogen (secondary N) is 1. The van der Waals surface area contributed by atoms with E-state index in [-0.39, 0.29) is 0 Å². The van der Waals surface area contributed by atoms with Crippen LogP contribution >= 0.6 is 11.3 Å². The Morgan fingerprint density at radius 2 is 2.33 bits per heavy atom. The average Bonchev–Trinajstić information content (AvgIpc) is 2.83. The van der Waals surface area contributed by atoms with Crippen LogP contribution < -0.4 is 5.32 Å². The Morgan fingerprint density at radius 3 is 2.93 bits per heavy atom. The summed E-state index contributed by atoms with van der Waals surface area (Å²) in [6.45, 7) is 5.86. The molecule has 1 aromatic rings. The molecule has 1 fully saturated rings. The Morgan fingerprint density at radius 1 is 1.53 bits per heavy atom. The molecule has 2 nitrogen and oxygen atoms in total. The van der Waals surface area contributed by atoms with E-state index in [0.29, 0.717) is 5.41 Å². The molecule has 0 bridgehead atoms. The summed E-state index contributed by atoms with van der Waals surface area (Å²) in [5, 5.41) is 3.58. The largest absolute Gasteiger partial charge is 0.314 e. The lowest BCUT2D eigenvalue weighted by Gasteiger charge is -2.23. The van der Waals surface area contributed by atoms with Crippen LogP contribution in [0.3, 0.4) is 0 Å². The third-order valence-electron chi connectivity index (χ3n) is 2.95. The van der Waals surface area contributed by atoms with E-state index in [4.69, 9.17) is 0 Å². The standard InChI is InChI=1S/C12H20N2S/c1-12(2,5-6-14-10-3-4-10)7-11-8-13-9-15-11/h8-10,14H,3-7H2,1-2H3. The van der Waals surface area contributed by atoms with Crippen molar-refractivity contribution >= 4 is 11.3 Å². The van der Waals surface area contributed by atoms with E-state index in [2.05, 4.69) is 24.1 Å². The van der Waals surface area contributed by atoms with Crippen molar-refractivity contribution in [2.24, 2.45) is 5.41 Å². The molecule has 1 heterocycles. The van der Waals surface area contributed by atoms with Gasteiger partial charge in [-0.25, -0.2) is 0 Å². The highest BCUT2D eigenvalue weighted by atomic mass is 32.1. The van der Waals surface area contributed by atoms with Crippen LogP contribution in [0.5, 0.6) is 0 Å². The van der Waals surface area contributed by atoms with Gasteiger partial charge in [-0.15, -0.1) is 11.3 Å². The van der Waals surface area contributed by atoms with E-state index in [1.165, 1.54) is 24.1 Å². The Labute approximate surface area is 96.1 Å². The molecule has 0 saturated heterocycles. The van der Waals surface area contributed by atoms with Crippen LogP contribution in [0.2, 0.25) is 0 Å². The van der Waals surface area contributed by atoms with Crippen LogP contribution in [-0.4, -0.2) is 17.6 Å². The highest BCUT2D eigenvalue weighted by Gasteiger charge is 2.23. The van der Waals surface area contributed by atoms with Gasteiger partial charge in [0.2, 0.25) is 0 Å². The van der Waals surface area contributed by atoms with Gasteiger partial charge in [-0.3, -0.25) is 4.98 Å². The van der Waals surface area contributed by atoms with E-state index >= 15 is 0 Å². The molecular weight excluding hydrogens is 204 g/mol. The van der Waals surface area contributed by atoms with E-state index in [1.807, 2.05) is 11.7 Å². The second kappa shape index (κ2) is 4.62. The maximum Gasteiger partial charge on any atom is 0.0794 e. The number of hydrogen-bond donors (Lipinski definition) is 1. The fourth-order valence-corrected chi connectivity index (χ4v) is 2.64. The van der Waals surface area contributed by atoms with Crippen molar-refractivity contribution < 1.29 is 0 Å². The minimum absolute atomic E-state index is 0.397. The molecule has 0 aliphatic heterocycles. The normalized spacial score (nSPS) is 16.9. The third kappa shape index (κ3) is 3.92. The van der Waals surface area contributed by atoms with Crippen molar-refractivity contribution in [1.29, 1.82) is 0 Å². The molecule has 84 valence electrons. The lowest BCUT2D eigenvalue weighted by atomic mass is 9.85. The van der Waals surface area contributed by atoms with Gasteiger partial charge >= 0.3 is 0 Å². The van der Waals surface area contributed by atoms with Gasteiger partial charge in [0, 0.05) is 17.1 Å². The summed E-state index contributed by atoms with van der Waals surface area (Å²) in [7, 11) is 0. The molecule has 3 heteroatoms. The molecule has 0 aromatic carbocycles. The first-order valence-electron chi connectivity index (χ1n) is 5.76. The summed E-state index contributed by atoms with van der Waals surface area (Å²) in [4.78, 5) is 5.54. The minimum Gasteiger partial charge on any atom is -0.314 e. The average molecular weight is 224 g/mol. The second-order valence-corrected chi connectivity index (χ2v) is 6.26. The van der Waals surface area contributed by atoms with E-state index < -0.39 is 0 Å². The lowest BCUT2D eigenvalue weighted by Crippen LogP contribution is -2.25. The number of nitrogens with zero attached hydrogens (tertiary/aromatic N) is 1. The van der Waals surface area contributed by atoms with Gasteiger partial charge in [-0.2, -0.15) is 0 Å². The quantitative estimate of drug-likeness (QED) is 0.803. The summed E-state index contributed by atoms with van der Waals surface area (Å²) in [6.07, 6.45) is 7.18. The zero-order valence-corrected chi connectivity index (χ0v) is 10.4. The summed E-state index contributed by atoms with van der Waals surface area (Å²) >= 11 is 1.77. The van der Waals surface area contributed by atoms with Crippen LogP contribution in [0.25, 0.3) is 0 Å². The molecule has 1 aliphatic rings. The van der Waals surface area contributed by atoms with Crippen molar-refractivity contribution in [2.75, 3.05) is 6.54 Å². The summed E-state index contributed by atoms with van der Waals surface area (Å²) in [6, 6.07) is 0.837. The molecule has 0 radical (unpaired) electrons. The SMILES string of the molecule is CC(C)(CCNC1CC1)Cc1cncs1. The highest BCUT2D eigenvalue weighted by molar-refractivity contribution is 7.09. The Hall–Kier alpha value is -0.410. The highest BCUT2D eigenvalue weighted by Crippen LogP contribution is 2.27. The van der Waals surface area contributed by atoms with E-state index in [0.717, 1.165) is 19.0 Å². The zero-order valence-electron chi connectivity index (χ0n) is 9.62. The van der Waals surface area contributed by atoms with Gasteiger partial charge in [-0.1, -0.05) is 13.8 Å². The van der Waals surface area contributed by atoms with Crippen molar-refractivity contribution in [3.63, 3.8) is 0 Å². The Kier molecular flexibility index (Phi) is 3.42. The lowest BCUT2D eigenvalue weighted by molar-refractivity contribution is 0.327. The Bertz CT molecular complexity index is 289. The van der Waals surface area contributed by atoms with Crippen LogP contribution in [0.4, 0.5) is 0 Å². The van der Waals surface area contributed by atoms with Gasteiger partial charge in [0.25, 0.3) is 0 Å². The number of aromatic nitrogens is 1. The number of rotatable bonds is 6. The van der Waals surface area contributed by atoms with Gasteiger partial charge in [0.05, 0.1) is 5.51 Å². The molecule has 1 saturated carbocycles. The van der Waals surface area contributed by atoms with Crippen LogP contribution in [0, 0.1) is 5.41 Å². The molecule has 0 spiro atoms. The number of hydrogen-bond acceptors (Lipinski definition) is 3. The summed E-state index contributed by atoms with van der Waals surface area (Å²) in [5.74, 6) is 0. The van der Waals surface area contributed by atoms with Crippen molar-refractivity contribution in [3.05, 3.63) is 16.6 Å². The zero-order chi connectivity index (χ0) is 10.7. The molecule has 1 N–H and O–H groups in total. The smallest absolute Gasteiger partial charge is 0.0794 e. The fraction of sp³-hybridized carbons (Fsp3) is 0.750. The molecule has 0 unspecified atom stereocenters. The second-order valence-electron chi connectivity index (χ2n) is 5.29. The van der Waals surface area contributed by atoms with Gasteiger partial charge in [-0.05, 0) is 37.6 Å². The molecule has 15 heavy (non-hydrogen) atoms. The minimum atomic E-state index is 0.397. The molecule has 1 aromatic heterocycles. The van der Waals surface area contributed by atoms with Gasteiger partial charge in [0.1, 0.15) is 0 Å². The third-order valence-corrected chi connectivity index (χ3v) is 3.73. The molecular formula is C12H20N2S. The van der Waals surface area contributed by atoms with Crippen LogP contribution in [-0.2, 0) is 6.42 Å². The van der Waals surface area contributed by atoms with E-state index in [9.17, 15) is 0 Å². The maximum absolute atomic E-state index is 4.13.